The fourth-order valence-corrected chi connectivity index (χ4v) is 5.53. The number of benzene rings is 1. The van der Waals surface area contributed by atoms with Crippen molar-refractivity contribution in [1.29, 1.82) is 0 Å². The monoisotopic (exact) mass is 328 g/mol. The molecular weight excluding hydrogens is 316 g/mol. The Hall–Kier alpha value is -1.65. The molecule has 1 aliphatic rings. The molecular formula is C11H12N4O4S2. The Balaban J connectivity index is 1.85. The van der Waals surface area contributed by atoms with E-state index < -0.39 is 21.2 Å². The largest absolute Gasteiger partial charge is 0.508 e. The summed E-state index contributed by atoms with van der Waals surface area (Å²) in [4.78, 5) is 0. The lowest BCUT2D eigenvalue weighted by Gasteiger charge is -2.11. The number of sulfone groups is 1. The smallest absolute Gasteiger partial charge is 0.214 e. The molecule has 2 unspecified atom stereocenters. The molecule has 1 aliphatic heterocycles. The number of rotatable bonds is 3. The second kappa shape index (κ2) is 5.28. The van der Waals surface area contributed by atoms with Crippen LogP contribution >= 0.6 is 11.8 Å². The normalized spacial score (nSPS) is 24.2. The first-order valence-electron chi connectivity index (χ1n) is 6.07. The Labute approximate surface area is 124 Å². The summed E-state index contributed by atoms with van der Waals surface area (Å²) in [6.45, 7) is 0. The number of hydrogen-bond acceptors (Lipinski definition) is 8. The highest BCUT2D eigenvalue weighted by atomic mass is 32.2. The lowest BCUT2D eigenvalue weighted by molar-refractivity contribution is 0.207. The van der Waals surface area contributed by atoms with Gasteiger partial charge in [-0.05, 0) is 34.7 Å². The zero-order chi connectivity index (χ0) is 15.0. The highest BCUT2D eigenvalue weighted by Gasteiger charge is 2.38. The van der Waals surface area contributed by atoms with Crippen LogP contribution in [0.15, 0.2) is 29.4 Å². The number of aliphatic hydroxyl groups excluding tert-OH is 1. The van der Waals surface area contributed by atoms with E-state index in [0.29, 0.717) is 10.8 Å². The van der Waals surface area contributed by atoms with Crippen LogP contribution in [0.5, 0.6) is 5.75 Å². The van der Waals surface area contributed by atoms with Gasteiger partial charge >= 0.3 is 0 Å². The van der Waals surface area contributed by atoms with Crippen LogP contribution in [0.4, 0.5) is 0 Å². The van der Waals surface area contributed by atoms with E-state index in [1.165, 1.54) is 16.8 Å². The lowest BCUT2D eigenvalue weighted by atomic mass is 10.3. The number of phenolic OH excluding ortho intramolecular Hbond substituents is 1. The molecule has 8 nitrogen and oxygen atoms in total. The predicted molar refractivity (Wildman–Crippen MR) is 75.1 cm³/mol. The van der Waals surface area contributed by atoms with Gasteiger partial charge < -0.3 is 10.2 Å². The van der Waals surface area contributed by atoms with E-state index in [1.54, 1.807) is 12.1 Å². The van der Waals surface area contributed by atoms with E-state index in [1.807, 2.05) is 0 Å². The Morgan fingerprint density at radius 2 is 1.95 bits per heavy atom. The summed E-state index contributed by atoms with van der Waals surface area (Å²) in [6.07, 6.45) is -0.926. The van der Waals surface area contributed by atoms with Crippen molar-refractivity contribution >= 4 is 21.6 Å². The van der Waals surface area contributed by atoms with Crippen molar-refractivity contribution in [2.24, 2.45) is 0 Å². The number of tetrazole rings is 1. The van der Waals surface area contributed by atoms with Gasteiger partial charge in [-0.1, -0.05) is 11.8 Å². The predicted octanol–water partition coefficient (Wildman–Crippen LogP) is -0.382. The lowest BCUT2D eigenvalue weighted by Crippen LogP contribution is -2.20. The third-order valence-corrected chi connectivity index (χ3v) is 6.24. The topological polar surface area (TPSA) is 118 Å². The molecule has 0 saturated carbocycles. The summed E-state index contributed by atoms with van der Waals surface area (Å²) in [5.41, 5.74) is 0.635. The van der Waals surface area contributed by atoms with Crippen LogP contribution < -0.4 is 0 Å². The van der Waals surface area contributed by atoms with Crippen molar-refractivity contribution in [2.45, 2.75) is 16.5 Å². The van der Waals surface area contributed by atoms with Crippen LogP contribution in [0.2, 0.25) is 0 Å². The first-order valence-corrected chi connectivity index (χ1v) is 8.78. The average Bonchev–Trinajstić information content (AvgIpc) is 2.95. The standard InChI is InChI=1S/C11H12N4O4S2/c16-8-3-1-7(2-4-8)15-11(12-13-14-15)20-10-6-21(18,19)5-9(10)17/h1-4,9-10,16-17H,5-6H2. The average molecular weight is 328 g/mol. The zero-order valence-corrected chi connectivity index (χ0v) is 12.3. The Kier molecular flexibility index (Phi) is 3.59. The highest BCUT2D eigenvalue weighted by molar-refractivity contribution is 8.01. The number of aromatic nitrogens is 4. The minimum Gasteiger partial charge on any atom is -0.508 e. The number of thioether (sulfide) groups is 1. The molecule has 0 bridgehead atoms. The fourth-order valence-electron chi connectivity index (χ4n) is 2.05. The van der Waals surface area contributed by atoms with Crippen LogP contribution in [0, 0.1) is 0 Å². The van der Waals surface area contributed by atoms with E-state index in [4.69, 9.17) is 0 Å². The van der Waals surface area contributed by atoms with Crippen LogP contribution in [0.25, 0.3) is 5.69 Å². The van der Waals surface area contributed by atoms with Gasteiger partial charge in [0.15, 0.2) is 9.84 Å². The molecule has 0 aliphatic carbocycles. The summed E-state index contributed by atoms with van der Waals surface area (Å²) in [6, 6.07) is 6.27. The van der Waals surface area contributed by atoms with Crippen LogP contribution in [-0.2, 0) is 9.84 Å². The first-order chi connectivity index (χ1) is 9.94. The summed E-state index contributed by atoms with van der Waals surface area (Å²) in [5, 5.41) is 30.3. The van der Waals surface area contributed by atoms with E-state index >= 15 is 0 Å². The van der Waals surface area contributed by atoms with Gasteiger partial charge in [-0.25, -0.2) is 8.42 Å². The molecule has 1 aromatic carbocycles. The van der Waals surface area contributed by atoms with Crippen molar-refractivity contribution in [1.82, 2.24) is 20.2 Å². The molecule has 0 spiro atoms. The SMILES string of the molecule is O=S1(=O)CC(O)C(Sc2nnnn2-c2ccc(O)cc2)C1. The quantitative estimate of drug-likeness (QED) is 0.782. The summed E-state index contributed by atoms with van der Waals surface area (Å²) < 4.78 is 24.5. The molecule has 2 heterocycles. The van der Waals surface area contributed by atoms with E-state index in [-0.39, 0.29) is 17.3 Å². The second-order valence-corrected chi connectivity index (χ2v) is 8.05. The van der Waals surface area contributed by atoms with E-state index in [2.05, 4.69) is 15.5 Å². The molecule has 1 aromatic heterocycles. The molecule has 1 fully saturated rings. The number of nitrogens with zero attached hydrogens (tertiary/aromatic N) is 4. The van der Waals surface area contributed by atoms with Crippen molar-refractivity contribution in [2.75, 3.05) is 11.5 Å². The molecule has 112 valence electrons. The molecule has 21 heavy (non-hydrogen) atoms. The number of aliphatic hydroxyl groups is 1. The molecule has 2 atom stereocenters. The summed E-state index contributed by atoms with van der Waals surface area (Å²) in [7, 11) is -3.21. The summed E-state index contributed by atoms with van der Waals surface area (Å²) >= 11 is 1.13. The first kappa shape index (κ1) is 14.3. The van der Waals surface area contributed by atoms with Gasteiger partial charge in [0.2, 0.25) is 5.16 Å². The van der Waals surface area contributed by atoms with Crippen molar-refractivity contribution < 1.29 is 18.6 Å². The Bertz CT molecular complexity index is 744. The van der Waals surface area contributed by atoms with Gasteiger partial charge in [0.05, 0.1) is 28.5 Å². The number of aromatic hydroxyl groups is 1. The fraction of sp³-hybridized carbons (Fsp3) is 0.364. The van der Waals surface area contributed by atoms with Crippen LogP contribution in [0.1, 0.15) is 0 Å². The van der Waals surface area contributed by atoms with Gasteiger partial charge in [-0.3, -0.25) is 0 Å². The van der Waals surface area contributed by atoms with Gasteiger partial charge in [0.1, 0.15) is 5.75 Å². The van der Waals surface area contributed by atoms with E-state index in [9.17, 15) is 18.6 Å². The van der Waals surface area contributed by atoms with Gasteiger partial charge in [0, 0.05) is 0 Å². The Morgan fingerprint density at radius 1 is 1.24 bits per heavy atom. The molecule has 2 N–H and O–H groups in total. The number of phenols is 1. The third kappa shape index (κ3) is 3.01. The molecule has 3 rings (SSSR count). The minimum absolute atomic E-state index is 0.0960. The van der Waals surface area contributed by atoms with Gasteiger partial charge in [-0.15, -0.1) is 5.10 Å². The molecule has 10 heteroatoms. The maximum atomic E-state index is 11.5. The van der Waals surface area contributed by atoms with Gasteiger partial charge in [-0.2, -0.15) is 4.68 Å². The Morgan fingerprint density at radius 3 is 2.57 bits per heavy atom. The van der Waals surface area contributed by atoms with Crippen molar-refractivity contribution in [3.63, 3.8) is 0 Å². The third-order valence-electron chi connectivity index (χ3n) is 3.06. The molecule has 1 saturated heterocycles. The number of hydrogen-bond donors (Lipinski definition) is 2. The van der Waals surface area contributed by atoms with Gasteiger partial charge in [0.25, 0.3) is 0 Å². The van der Waals surface area contributed by atoms with Crippen molar-refractivity contribution in [3.05, 3.63) is 24.3 Å². The minimum atomic E-state index is -3.21. The second-order valence-electron chi connectivity index (χ2n) is 4.69. The maximum Gasteiger partial charge on any atom is 0.214 e. The van der Waals surface area contributed by atoms with Crippen LogP contribution in [-0.4, -0.2) is 61.7 Å². The van der Waals surface area contributed by atoms with E-state index in [0.717, 1.165) is 11.8 Å². The molecule has 2 aromatic rings. The maximum absolute atomic E-state index is 11.5. The van der Waals surface area contributed by atoms with Crippen molar-refractivity contribution in [3.8, 4) is 11.4 Å². The molecule has 0 radical (unpaired) electrons. The molecule has 0 amide bonds. The highest BCUT2D eigenvalue weighted by Crippen LogP contribution is 2.30. The van der Waals surface area contributed by atoms with Crippen LogP contribution in [0.3, 0.4) is 0 Å². The summed E-state index contributed by atoms with van der Waals surface area (Å²) in [5.74, 6) is -0.203. The zero-order valence-electron chi connectivity index (χ0n) is 10.7.